The Morgan fingerprint density at radius 1 is 1.12 bits per heavy atom. The van der Waals surface area contributed by atoms with Crippen LogP contribution in [0.2, 0.25) is 10.0 Å². The molecule has 7 heteroatoms. The van der Waals surface area contributed by atoms with Crippen LogP contribution in [0.15, 0.2) is 42.5 Å². The zero-order valence-corrected chi connectivity index (χ0v) is 15.2. The van der Waals surface area contributed by atoms with Gasteiger partial charge in [0, 0.05) is 5.02 Å². The Morgan fingerprint density at radius 2 is 1.80 bits per heavy atom. The summed E-state index contributed by atoms with van der Waals surface area (Å²) in [6.07, 6.45) is -0.276. The monoisotopic (exact) mass is 381 g/mol. The second-order valence-corrected chi connectivity index (χ2v) is 5.99. The number of amides is 1. The largest absolute Gasteiger partial charge is 0.481 e. The number of methoxy groups -OCH3 is 1. The molecule has 0 aromatic heterocycles. The number of hydrogen-bond acceptors (Lipinski definition) is 4. The van der Waals surface area contributed by atoms with Crippen LogP contribution in [0.3, 0.4) is 0 Å². The third-order valence-corrected chi connectivity index (χ3v) is 3.98. The van der Waals surface area contributed by atoms with E-state index in [0.717, 1.165) is 0 Å². The average Bonchev–Trinajstić information content (AvgIpc) is 2.62. The maximum absolute atomic E-state index is 12.5. The van der Waals surface area contributed by atoms with Crippen LogP contribution >= 0.6 is 23.2 Å². The van der Waals surface area contributed by atoms with E-state index < -0.39 is 12.1 Å². The number of hydrogen-bond donors (Lipinski definition) is 1. The van der Waals surface area contributed by atoms with E-state index >= 15 is 0 Å². The number of rotatable bonds is 6. The summed E-state index contributed by atoms with van der Waals surface area (Å²) < 4.78 is 10.3. The van der Waals surface area contributed by atoms with Crippen LogP contribution in [-0.2, 0) is 9.53 Å². The van der Waals surface area contributed by atoms with E-state index in [1.165, 1.54) is 25.3 Å². The molecule has 0 heterocycles. The van der Waals surface area contributed by atoms with Crippen molar-refractivity contribution in [1.82, 2.24) is 0 Å². The first-order valence-corrected chi connectivity index (χ1v) is 8.31. The number of nitrogens with one attached hydrogen (secondary N) is 1. The summed E-state index contributed by atoms with van der Waals surface area (Å²) in [5, 5.41) is 3.57. The van der Waals surface area contributed by atoms with Crippen molar-refractivity contribution in [3.8, 4) is 5.75 Å². The van der Waals surface area contributed by atoms with Gasteiger partial charge >= 0.3 is 5.97 Å². The molecule has 2 aromatic rings. The maximum Gasteiger partial charge on any atom is 0.337 e. The van der Waals surface area contributed by atoms with Crippen molar-refractivity contribution in [3.05, 3.63) is 58.1 Å². The van der Waals surface area contributed by atoms with Crippen LogP contribution < -0.4 is 10.1 Å². The number of halogens is 2. The molecule has 0 aliphatic carbocycles. The van der Waals surface area contributed by atoms with E-state index in [2.05, 4.69) is 10.1 Å². The maximum atomic E-state index is 12.5. The van der Waals surface area contributed by atoms with Crippen molar-refractivity contribution in [2.45, 2.75) is 19.4 Å². The Morgan fingerprint density at radius 3 is 2.40 bits per heavy atom. The Labute approximate surface area is 155 Å². The van der Waals surface area contributed by atoms with Crippen molar-refractivity contribution in [2.24, 2.45) is 0 Å². The van der Waals surface area contributed by atoms with Crippen molar-refractivity contribution < 1.29 is 19.1 Å². The van der Waals surface area contributed by atoms with Crippen LogP contribution in [-0.4, -0.2) is 25.1 Å². The van der Waals surface area contributed by atoms with Crippen LogP contribution in [0.25, 0.3) is 0 Å². The van der Waals surface area contributed by atoms with E-state index in [-0.39, 0.29) is 11.5 Å². The topological polar surface area (TPSA) is 64.6 Å². The third kappa shape index (κ3) is 5.11. The van der Waals surface area contributed by atoms with Gasteiger partial charge < -0.3 is 14.8 Å². The normalized spacial score (nSPS) is 11.5. The summed E-state index contributed by atoms with van der Waals surface area (Å²) >= 11 is 11.9. The molecule has 0 aliphatic rings. The number of benzene rings is 2. The lowest BCUT2D eigenvalue weighted by Crippen LogP contribution is -2.32. The lowest BCUT2D eigenvalue weighted by Gasteiger charge is -2.18. The summed E-state index contributed by atoms with van der Waals surface area (Å²) in [7, 11) is 1.28. The fourth-order valence-electron chi connectivity index (χ4n) is 2.08. The zero-order valence-electron chi connectivity index (χ0n) is 13.7. The lowest BCUT2D eigenvalue weighted by molar-refractivity contribution is -0.122. The molecule has 2 aromatic carbocycles. The molecule has 0 fully saturated rings. The lowest BCUT2D eigenvalue weighted by atomic mass is 10.2. The minimum Gasteiger partial charge on any atom is -0.481 e. The van der Waals surface area contributed by atoms with Gasteiger partial charge in [-0.1, -0.05) is 30.1 Å². The van der Waals surface area contributed by atoms with Crippen molar-refractivity contribution >= 4 is 40.8 Å². The molecule has 1 amide bonds. The average molecular weight is 382 g/mol. The molecule has 1 atom stereocenters. The molecular weight excluding hydrogens is 365 g/mol. The summed E-state index contributed by atoms with van der Waals surface area (Å²) in [6, 6.07) is 11.2. The molecule has 0 saturated heterocycles. The highest BCUT2D eigenvalue weighted by molar-refractivity contribution is 6.34. The van der Waals surface area contributed by atoms with E-state index in [9.17, 15) is 9.59 Å². The number of carbonyl (C=O) groups excluding carboxylic acids is 2. The smallest absolute Gasteiger partial charge is 0.337 e. The van der Waals surface area contributed by atoms with Crippen LogP contribution in [0, 0.1) is 0 Å². The molecule has 0 spiro atoms. The van der Waals surface area contributed by atoms with Gasteiger partial charge in [-0.2, -0.15) is 0 Å². The van der Waals surface area contributed by atoms with E-state index in [4.69, 9.17) is 27.9 Å². The molecule has 2 rings (SSSR count). The van der Waals surface area contributed by atoms with Crippen molar-refractivity contribution in [2.75, 3.05) is 12.4 Å². The Kier molecular flexibility index (Phi) is 6.67. The fourth-order valence-corrected chi connectivity index (χ4v) is 2.37. The Bertz CT molecular complexity index is 762. The molecular formula is C18H17Cl2NO4. The number of anilines is 1. The first kappa shape index (κ1) is 19.1. The Hall–Kier alpha value is -2.24. The highest BCUT2D eigenvalue weighted by atomic mass is 35.5. The van der Waals surface area contributed by atoms with E-state index in [1.807, 2.05) is 6.92 Å². The minimum absolute atomic E-state index is 0.286. The molecule has 0 saturated carbocycles. The second kappa shape index (κ2) is 8.74. The van der Waals surface area contributed by atoms with Gasteiger partial charge in [0.1, 0.15) is 5.75 Å². The summed E-state index contributed by atoms with van der Waals surface area (Å²) in [6.45, 7) is 1.83. The molecule has 0 radical (unpaired) electrons. The first-order valence-electron chi connectivity index (χ1n) is 7.55. The molecule has 0 aliphatic heterocycles. The third-order valence-electron chi connectivity index (χ3n) is 3.40. The molecule has 132 valence electrons. The van der Waals surface area contributed by atoms with Crippen molar-refractivity contribution in [3.63, 3.8) is 0 Å². The standard InChI is InChI=1S/C18H17Cl2NO4/c1-3-16(25-13-7-5-12(19)6-8-13)17(22)21-15-10-11(18(23)24-2)4-9-14(15)20/h4-10,16H,3H2,1-2H3,(H,21,22)/t16-/m1/s1. The van der Waals surface area contributed by atoms with Crippen molar-refractivity contribution in [1.29, 1.82) is 0 Å². The first-order chi connectivity index (χ1) is 11.9. The summed E-state index contributed by atoms with van der Waals surface area (Å²) in [4.78, 5) is 24.1. The molecule has 1 N–H and O–H groups in total. The van der Waals surface area contributed by atoms with Gasteiger partial charge in [0.05, 0.1) is 23.4 Å². The van der Waals surface area contributed by atoms with Gasteiger partial charge in [-0.25, -0.2) is 4.79 Å². The highest BCUT2D eigenvalue weighted by Crippen LogP contribution is 2.24. The fraction of sp³-hybridized carbons (Fsp3) is 0.222. The molecule has 5 nitrogen and oxygen atoms in total. The Balaban J connectivity index is 2.13. The molecule has 0 bridgehead atoms. The van der Waals surface area contributed by atoms with Crippen LogP contribution in [0.4, 0.5) is 5.69 Å². The summed E-state index contributed by atoms with van der Waals surface area (Å²) in [5.41, 5.74) is 0.599. The molecule has 0 unspecified atom stereocenters. The van der Waals surface area contributed by atoms with Crippen LogP contribution in [0.5, 0.6) is 5.75 Å². The van der Waals surface area contributed by atoms with Gasteiger partial charge in [0.15, 0.2) is 6.10 Å². The van der Waals surface area contributed by atoms with Gasteiger partial charge in [-0.05, 0) is 48.9 Å². The van der Waals surface area contributed by atoms with Gasteiger partial charge in [0.2, 0.25) is 0 Å². The SMILES string of the molecule is CC[C@@H](Oc1ccc(Cl)cc1)C(=O)Nc1cc(C(=O)OC)ccc1Cl. The van der Waals surface area contributed by atoms with Gasteiger partial charge in [-0.3, -0.25) is 4.79 Å². The minimum atomic E-state index is -0.723. The summed E-state index contributed by atoms with van der Waals surface area (Å²) in [5.74, 6) is -0.362. The number of carbonyl (C=O) groups is 2. The van der Waals surface area contributed by atoms with E-state index in [0.29, 0.717) is 27.9 Å². The second-order valence-electron chi connectivity index (χ2n) is 5.14. The molecule has 25 heavy (non-hydrogen) atoms. The quantitative estimate of drug-likeness (QED) is 0.743. The zero-order chi connectivity index (χ0) is 18.4. The number of ether oxygens (including phenoxy) is 2. The van der Waals surface area contributed by atoms with Gasteiger partial charge in [0.25, 0.3) is 5.91 Å². The van der Waals surface area contributed by atoms with E-state index in [1.54, 1.807) is 24.3 Å². The highest BCUT2D eigenvalue weighted by Gasteiger charge is 2.20. The number of esters is 1. The predicted molar refractivity (Wildman–Crippen MR) is 97.6 cm³/mol. The predicted octanol–water partition coefficient (Wildman–Crippen LogP) is 4.58. The van der Waals surface area contributed by atoms with Crippen LogP contribution in [0.1, 0.15) is 23.7 Å². The van der Waals surface area contributed by atoms with Gasteiger partial charge in [-0.15, -0.1) is 0 Å².